The molecule has 0 amide bonds. The molecule has 5 heterocycles. The van der Waals surface area contributed by atoms with E-state index in [4.69, 9.17) is 14.7 Å². The predicted molar refractivity (Wildman–Crippen MR) is 208 cm³/mol. The number of thiophene rings is 1. The summed E-state index contributed by atoms with van der Waals surface area (Å²) in [5.74, 6) is 2.21. The number of rotatable bonds is 4. The van der Waals surface area contributed by atoms with Crippen LogP contribution in [-0.2, 0) is 0 Å². The fourth-order valence-electron chi connectivity index (χ4n) is 7.79. The molecule has 0 aliphatic carbocycles. The van der Waals surface area contributed by atoms with E-state index in [1.807, 2.05) is 42.5 Å². The third kappa shape index (κ3) is 3.76. The average molecular weight is 659 g/mol. The van der Waals surface area contributed by atoms with Crippen molar-refractivity contribution >= 4 is 82.0 Å². The number of hydrogen-bond acceptors (Lipinski definition) is 4. The molecule has 6 heteroatoms. The molecule has 0 bridgehead atoms. The van der Waals surface area contributed by atoms with Crippen LogP contribution in [0.1, 0.15) is 4.88 Å². The van der Waals surface area contributed by atoms with Crippen LogP contribution in [0.4, 0.5) is 0 Å². The molecular formula is C44H26N4OS. The Morgan fingerprint density at radius 1 is 0.640 bits per heavy atom. The first-order chi connectivity index (χ1) is 24.7. The molecule has 1 aliphatic heterocycles. The zero-order valence-corrected chi connectivity index (χ0v) is 27.5. The van der Waals surface area contributed by atoms with Crippen molar-refractivity contribution in [3.05, 3.63) is 151 Å². The number of hydrogen-bond donors (Lipinski definition) is 0. The fourth-order valence-corrected chi connectivity index (χ4v) is 8.80. The largest absolute Gasteiger partial charge is 0.456 e. The van der Waals surface area contributed by atoms with Crippen LogP contribution >= 0.6 is 11.3 Å². The Morgan fingerprint density at radius 3 is 2.18 bits per heavy atom. The number of nitrogens with zero attached hydrogens (tertiary/aromatic N) is 4. The van der Waals surface area contributed by atoms with Crippen LogP contribution in [0, 0.1) is 0 Å². The first-order valence-corrected chi connectivity index (χ1v) is 17.4. The maximum absolute atomic E-state index is 6.33. The van der Waals surface area contributed by atoms with Gasteiger partial charge in [-0.05, 0) is 66.1 Å². The highest BCUT2D eigenvalue weighted by Gasteiger charge is 2.26. The van der Waals surface area contributed by atoms with Crippen molar-refractivity contribution < 1.29 is 4.74 Å². The van der Waals surface area contributed by atoms with Crippen molar-refractivity contribution in [2.24, 2.45) is 0 Å². The van der Waals surface area contributed by atoms with Crippen LogP contribution in [0.5, 0.6) is 11.5 Å². The summed E-state index contributed by atoms with van der Waals surface area (Å²) in [7, 11) is 0. The van der Waals surface area contributed by atoms with Gasteiger partial charge in [0.25, 0.3) is 0 Å². The summed E-state index contributed by atoms with van der Waals surface area (Å²) in [6, 6.07) is 45.0. The molecule has 0 fully saturated rings. The standard InChI is InChI=1S/C44H26N4OS/c1-2-3-11-28-24-26-20-21-27(25-39(26)50-28)47-35-16-7-4-12-29(35)31-22-23-32-30-13-5-8-17-36(30)48(43(32)42(31)47)44-45-34-15-10-19-38-40(34)41(46-44)33-14-6-9-18-37(33)49-38/h2-25H,1H2/b11-3-. The van der Waals surface area contributed by atoms with E-state index in [1.165, 1.54) is 25.7 Å². The van der Waals surface area contributed by atoms with E-state index in [1.54, 1.807) is 11.3 Å². The monoisotopic (exact) mass is 658 g/mol. The molecule has 0 saturated heterocycles. The van der Waals surface area contributed by atoms with Gasteiger partial charge >= 0.3 is 0 Å². The van der Waals surface area contributed by atoms with E-state index in [-0.39, 0.29) is 0 Å². The quantitative estimate of drug-likeness (QED) is 0.177. The Morgan fingerprint density at radius 2 is 1.36 bits per heavy atom. The van der Waals surface area contributed by atoms with Gasteiger partial charge in [-0.2, -0.15) is 0 Å². The highest BCUT2D eigenvalue weighted by Crippen LogP contribution is 2.46. The van der Waals surface area contributed by atoms with Crippen molar-refractivity contribution in [1.29, 1.82) is 0 Å². The molecule has 0 saturated carbocycles. The van der Waals surface area contributed by atoms with Gasteiger partial charge in [0.15, 0.2) is 0 Å². The van der Waals surface area contributed by atoms with E-state index < -0.39 is 0 Å². The normalized spacial score (nSPS) is 12.6. The van der Waals surface area contributed by atoms with Crippen LogP contribution in [0.2, 0.25) is 0 Å². The topological polar surface area (TPSA) is 44.9 Å². The van der Waals surface area contributed by atoms with Gasteiger partial charge in [-0.25, -0.2) is 9.97 Å². The third-order valence-electron chi connectivity index (χ3n) is 9.88. The van der Waals surface area contributed by atoms with E-state index in [0.717, 1.165) is 72.2 Å². The first kappa shape index (κ1) is 27.5. The second-order valence-electron chi connectivity index (χ2n) is 12.6. The van der Waals surface area contributed by atoms with Gasteiger partial charge in [0.05, 0.1) is 38.7 Å². The number of ether oxygens (including phenoxy) is 1. The zero-order chi connectivity index (χ0) is 32.9. The Hall–Kier alpha value is -6.50. The van der Waals surface area contributed by atoms with E-state index in [0.29, 0.717) is 5.95 Å². The second kappa shape index (κ2) is 10.3. The minimum Gasteiger partial charge on any atom is -0.456 e. The van der Waals surface area contributed by atoms with Crippen LogP contribution in [0.25, 0.3) is 93.6 Å². The highest BCUT2D eigenvalue weighted by atomic mass is 32.1. The molecule has 234 valence electrons. The van der Waals surface area contributed by atoms with Gasteiger partial charge in [-0.15, -0.1) is 11.3 Å². The average Bonchev–Trinajstić information content (AvgIpc) is 3.83. The molecule has 10 aromatic rings. The Kier molecular flexibility index (Phi) is 5.63. The number of fused-ring (bicyclic) bond motifs is 10. The van der Waals surface area contributed by atoms with Crippen LogP contribution in [0.15, 0.2) is 146 Å². The van der Waals surface area contributed by atoms with Gasteiger partial charge in [-0.3, -0.25) is 4.57 Å². The fraction of sp³-hybridized carbons (Fsp3) is 0. The number of benzene rings is 6. The van der Waals surface area contributed by atoms with Gasteiger partial charge in [-0.1, -0.05) is 91.5 Å². The number of para-hydroxylation sites is 3. The Bertz CT molecular complexity index is 3100. The van der Waals surface area contributed by atoms with Crippen LogP contribution in [-0.4, -0.2) is 19.1 Å². The summed E-state index contributed by atoms with van der Waals surface area (Å²) in [5, 5.41) is 6.85. The van der Waals surface area contributed by atoms with Crippen LogP contribution in [0.3, 0.4) is 0 Å². The SMILES string of the molecule is C=C/C=C\c1cc2ccc(-n3c4ccccc4c4ccc5c6ccccc6n(-c6nc7c8c(cccc8n6)Oc6ccccc6-7)c5c43)cc2s1. The Labute approximate surface area is 290 Å². The van der Waals surface area contributed by atoms with Gasteiger partial charge in [0, 0.05) is 42.4 Å². The molecule has 4 aromatic heterocycles. The maximum Gasteiger partial charge on any atom is 0.235 e. The smallest absolute Gasteiger partial charge is 0.235 e. The summed E-state index contributed by atoms with van der Waals surface area (Å²) in [6.07, 6.45) is 5.92. The molecule has 0 atom stereocenters. The second-order valence-corrected chi connectivity index (χ2v) is 13.8. The molecule has 11 rings (SSSR count). The number of aromatic nitrogens is 4. The first-order valence-electron chi connectivity index (χ1n) is 16.6. The summed E-state index contributed by atoms with van der Waals surface area (Å²) < 4.78 is 12.3. The molecule has 0 unspecified atom stereocenters. The third-order valence-corrected chi connectivity index (χ3v) is 10.9. The molecule has 0 radical (unpaired) electrons. The van der Waals surface area contributed by atoms with Crippen molar-refractivity contribution in [2.45, 2.75) is 0 Å². The van der Waals surface area contributed by atoms with E-state index in [9.17, 15) is 0 Å². The molecule has 50 heavy (non-hydrogen) atoms. The van der Waals surface area contributed by atoms with E-state index in [2.05, 4.69) is 119 Å². The molecule has 0 N–H and O–H groups in total. The Balaban J connectivity index is 1.29. The molecule has 1 aliphatic rings. The molecular weight excluding hydrogens is 633 g/mol. The summed E-state index contributed by atoms with van der Waals surface area (Å²) in [6.45, 7) is 3.84. The minimum atomic E-state index is 0.629. The highest BCUT2D eigenvalue weighted by molar-refractivity contribution is 7.19. The summed E-state index contributed by atoms with van der Waals surface area (Å²) >= 11 is 1.79. The summed E-state index contributed by atoms with van der Waals surface area (Å²) in [5.41, 5.74) is 8.21. The predicted octanol–water partition coefficient (Wildman–Crippen LogP) is 12.0. The van der Waals surface area contributed by atoms with E-state index >= 15 is 0 Å². The lowest BCUT2D eigenvalue weighted by Crippen LogP contribution is -2.07. The molecule has 6 aromatic carbocycles. The van der Waals surface area contributed by atoms with Crippen molar-refractivity contribution in [2.75, 3.05) is 0 Å². The number of allylic oxidation sites excluding steroid dienone is 2. The molecule has 0 spiro atoms. The van der Waals surface area contributed by atoms with Crippen molar-refractivity contribution in [3.63, 3.8) is 0 Å². The lowest BCUT2D eigenvalue weighted by molar-refractivity contribution is 0.486. The summed E-state index contributed by atoms with van der Waals surface area (Å²) in [4.78, 5) is 11.9. The van der Waals surface area contributed by atoms with Gasteiger partial charge in [0.1, 0.15) is 11.5 Å². The van der Waals surface area contributed by atoms with Crippen LogP contribution < -0.4 is 4.74 Å². The van der Waals surface area contributed by atoms with Crippen molar-refractivity contribution in [1.82, 2.24) is 19.1 Å². The zero-order valence-electron chi connectivity index (χ0n) is 26.7. The lowest BCUT2D eigenvalue weighted by Gasteiger charge is -2.21. The molecule has 5 nitrogen and oxygen atoms in total. The maximum atomic E-state index is 6.33. The van der Waals surface area contributed by atoms with Gasteiger partial charge in [0.2, 0.25) is 5.95 Å². The van der Waals surface area contributed by atoms with Gasteiger partial charge < -0.3 is 9.30 Å². The lowest BCUT2D eigenvalue weighted by atomic mass is 10.0. The van der Waals surface area contributed by atoms with Crippen molar-refractivity contribution in [3.8, 4) is 34.4 Å². The minimum absolute atomic E-state index is 0.629.